The zero-order valence-corrected chi connectivity index (χ0v) is 23.2. The highest BCUT2D eigenvalue weighted by atomic mass is 16.3. The molecule has 0 atom stereocenters. The predicted octanol–water partition coefficient (Wildman–Crippen LogP) is 10.1. The number of aliphatic hydroxyl groups excluding tert-OH is 2. The van der Waals surface area contributed by atoms with Crippen LogP contribution >= 0.6 is 0 Å². The van der Waals surface area contributed by atoms with Crippen LogP contribution < -0.4 is 0 Å². The van der Waals surface area contributed by atoms with Crippen LogP contribution in [-0.2, 0) is 0 Å². The van der Waals surface area contributed by atoms with E-state index >= 15 is 0 Å². The van der Waals surface area contributed by atoms with Gasteiger partial charge in [0.05, 0.1) is 13.2 Å². The highest BCUT2D eigenvalue weighted by molar-refractivity contribution is 4.78. The SMILES string of the molecule is CCCCCCCCCCCCCCC(CO)(CO)CCCCCCCCCCCCCC. The van der Waals surface area contributed by atoms with Gasteiger partial charge in [0, 0.05) is 5.41 Å². The van der Waals surface area contributed by atoms with Gasteiger partial charge in [-0.25, -0.2) is 0 Å². The van der Waals surface area contributed by atoms with E-state index in [1.807, 2.05) is 0 Å². The number of hydrogen-bond donors (Lipinski definition) is 2. The first-order valence-corrected chi connectivity index (χ1v) is 15.5. The van der Waals surface area contributed by atoms with Gasteiger partial charge in [0.1, 0.15) is 0 Å². The first-order chi connectivity index (χ1) is 16.2. The lowest BCUT2D eigenvalue weighted by Gasteiger charge is -2.30. The second kappa shape index (κ2) is 26.5. The average molecular weight is 469 g/mol. The monoisotopic (exact) mass is 468 g/mol. The van der Waals surface area contributed by atoms with Crippen LogP contribution in [0, 0.1) is 5.41 Å². The standard InChI is InChI=1S/C31H64O2/c1-3-5-7-9-11-13-15-17-19-21-23-25-27-31(29-32,30-33)28-26-24-22-20-18-16-14-12-10-8-6-4-2/h32-33H,3-30H2,1-2H3. The van der Waals surface area contributed by atoms with Gasteiger partial charge in [0.15, 0.2) is 0 Å². The molecule has 0 spiro atoms. The van der Waals surface area contributed by atoms with Crippen molar-refractivity contribution in [3.05, 3.63) is 0 Å². The second-order valence-electron chi connectivity index (χ2n) is 11.1. The maximum absolute atomic E-state index is 9.97. The van der Waals surface area contributed by atoms with Gasteiger partial charge >= 0.3 is 0 Å². The molecule has 0 amide bonds. The summed E-state index contributed by atoms with van der Waals surface area (Å²) < 4.78 is 0. The normalized spacial score (nSPS) is 12.0. The van der Waals surface area contributed by atoms with Crippen LogP contribution in [0.25, 0.3) is 0 Å². The first-order valence-electron chi connectivity index (χ1n) is 15.5. The topological polar surface area (TPSA) is 40.5 Å². The van der Waals surface area contributed by atoms with Crippen LogP contribution in [0.1, 0.15) is 181 Å². The molecule has 2 heteroatoms. The van der Waals surface area contributed by atoms with Gasteiger partial charge in [-0.3, -0.25) is 0 Å². The zero-order valence-electron chi connectivity index (χ0n) is 23.2. The van der Waals surface area contributed by atoms with E-state index in [9.17, 15) is 10.2 Å². The molecule has 0 aliphatic heterocycles. The maximum atomic E-state index is 9.97. The molecule has 0 aromatic heterocycles. The van der Waals surface area contributed by atoms with Gasteiger partial charge in [-0.1, -0.05) is 168 Å². The van der Waals surface area contributed by atoms with Crippen molar-refractivity contribution in [2.45, 2.75) is 181 Å². The predicted molar refractivity (Wildman–Crippen MR) is 148 cm³/mol. The number of aliphatic hydroxyl groups is 2. The van der Waals surface area contributed by atoms with Crippen LogP contribution in [0.4, 0.5) is 0 Å². The fraction of sp³-hybridized carbons (Fsp3) is 1.00. The minimum atomic E-state index is -0.225. The summed E-state index contributed by atoms with van der Waals surface area (Å²) in [6.45, 7) is 4.87. The minimum Gasteiger partial charge on any atom is -0.396 e. The number of hydrogen-bond acceptors (Lipinski definition) is 2. The summed E-state index contributed by atoms with van der Waals surface area (Å²) in [7, 11) is 0. The van der Waals surface area contributed by atoms with Gasteiger partial charge < -0.3 is 10.2 Å². The summed E-state index contributed by atoms with van der Waals surface area (Å²) in [4.78, 5) is 0. The van der Waals surface area contributed by atoms with Crippen LogP contribution in [0.3, 0.4) is 0 Å². The van der Waals surface area contributed by atoms with E-state index in [4.69, 9.17) is 0 Å². The molecule has 0 heterocycles. The van der Waals surface area contributed by atoms with E-state index in [0.717, 1.165) is 25.7 Å². The third-order valence-corrected chi connectivity index (χ3v) is 7.79. The molecule has 2 nitrogen and oxygen atoms in total. The summed E-state index contributed by atoms with van der Waals surface area (Å²) >= 11 is 0. The third-order valence-electron chi connectivity index (χ3n) is 7.79. The quantitative estimate of drug-likeness (QED) is 0.112. The summed E-state index contributed by atoms with van der Waals surface area (Å²) in [5.41, 5.74) is -0.225. The lowest BCUT2D eigenvalue weighted by molar-refractivity contribution is 0.0353. The average Bonchev–Trinajstić information content (AvgIpc) is 2.84. The highest BCUT2D eigenvalue weighted by Gasteiger charge is 2.27. The van der Waals surface area contributed by atoms with E-state index in [1.165, 1.54) is 141 Å². The van der Waals surface area contributed by atoms with E-state index < -0.39 is 0 Å². The Kier molecular flexibility index (Phi) is 26.5. The Labute approximate surface area is 209 Å². The van der Waals surface area contributed by atoms with Crippen molar-refractivity contribution >= 4 is 0 Å². The van der Waals surface area contributed by atoms with Crippen molar-refractivity contribution in [3.63, 3.8) is 0 Å². The van der Waals surface area contributed by atoms with Crippen LogP contribution in [0.5, 0.6) is 0 Å². The van der Waals surface area contributed by atoms with Crippen molar-refractivity contribution < 1.29 is 10.2 Å². The van der Waals surface area contributed by atoms with E-state index in [0.29, 0.717) is 0 Å². The molecule has 0 unspecified atom stereocenters. The molecular weight excluding hydrogens is 404 g/mol. The van der Waals surface area contributed by atoms with E-state index in [1.54, 1.807) is 0 Å². The molecule has 0 aromatic carbocycles. The van der Waals surface area contributed by atoms with E-state index in [-0.39, 0.29) is 18.6 Å². The Hall–Kier alpha value is -0.0800. The van der Waals surface area contributed by atoms with Gasteiger partial charge in [0.2, 0.25) is 0 Å². The summed E-state index contributed by atoms with van der Waals surface area (Å²) in [6, 6.07) is 0. The molecule has 0 bridgehead atoms. The largest absolute Gasteiger partial charge is 0.396 e. The van der Waals surface area contributed by atoms with Gasteiger partial charge in [0.25, 0.3) is 0 Å². The fourth-order valence-corrected chi connectivity index (χ4v) is 5.17. The third kappa shape index (κ3) is 22.1. The van der Waals surface area contributed by atoms with Crippen molar-refractivity contribution in [2.24, 2.45) is 5.41 Å². The lowest BCUT2D eigenvalue weighted by Crippen LogP contribution is -2.29. The lowest BCUT2D eigenvalue weighted by atomic mass is 9.79. The number of rotatable bonds is 28. The molecular formula is C31H64O2. The number of unbranched alkanes of at least 4 members (excludes halogenated alkanes) is 22. The van der Waals surface area contributed by atoms with Gasteiger partial charge in [-0.15, -0.1) is 0 Å². The van der Waals surface area contributed by atoms with Crippen molar-refractivity contribution in [1.82, 2.24) is 0 Å². The van der Waals surface area contributed by atoms with Crippen LogP contribution in [0.2, 0.25) is 0 Å². The van der Waals surface area contributed by atoms with Gasteiger partial charge in [-0.05, 0) is 12.8 Å². The highest BCUT2D eigenvalue weighted by Crippen LogP contribution is 2.31. The molecule has 2 N–H and O–H groups in total. The summed E-state index contributed by atoms with van der Waals surface area (Å²) in [5, 5.41) is 19.9. The van der Waals surface area contributed by atoms with Gasteiger partial charge in [-0.2, -0.15) is 0 Å². The van der Waals surface area contributed by atoms with Crippen LogP contribution in [-0.4, -0.2) is 23.4 Å². The Balaban J connectivity index is 3.58. The maximum Gasteiger partial charge on any atom is 0.0509 e. The van der Waals surface area contributed by atoms with Crippen molar-refractivity contribution in [2.75, 3.05) is 13.2 Å². The molecule has 33 heavy (non-hydrogen) atoms. The minimum absolute atomic E-state index is 0.152. The smallest absolute Gasteiger partial charge is 0.0509 e. The molecule has 0 aliphatic rings. The molecule has 0 aliphatic carbocycles. The zero-order chi connectivity index (χ0) is 24.3. The molecule has 0 fully saturated rings. The molecule has 0 saturated carbocycles. The second-order valence-corrected chi connectivity index (χ2v) is 11.1. The molecule has 200 valence electrons. The molecule has 0 rings (SSSR count). The summed E-state index contributed by atoms with van der Waals surface area (Å²) in [5.74, 6) is 0. The van der Waals surface area contributed by atoms with Crippen molar-refractivity contribution in [3.8, 4) is 0 Å². The Morgan fingerprint density at radius 1 is 0.333 bits per heavy atom. The van der Waals surface area contributed by atoms with Crippen LogP contribution in [0.15, 0.2) is 0 Å². The van der Waals surface area contributed by atoms with Crippen molar-refractivity contribution in [1.29, 1.82) is 0 Å². The molecule has 0 saturated heterocycles. The van der Waals surface area contributed by atoms with E-state index in [2.05, 4.69) is 13.8 Å². The Morgan fingerprint density at radius 3 is 0.758 bits per heavy atom. The summed E-state index contributed by atoms with van der Waals surface area (Å²) in [6.07, 6.45) is 34.7. The molecule has 0 aromatic rings. The fourth-order valence-electron chi connectivity index (χ4n) is 5.17. The molecule has 0 radical (unpaired) electrons. The Bertz CT molecular complexity index is 321. The first kappa shape index (κ1) is 32.9. The Morgan fingerprint density at radius 2 is 0.545 bits per heavy atom.